The Kier molecular flexibility index (Phi) is 3.45. The number of ketones is 1. The third-order valence-corrected chi connectivity index (χ3v) is 2.13. The highest BCUT2D eigenvalue weighted by Gasteiger charge is 2.32. The van der Waals surface area contributed by atoms with Crippen molar-refractivity contribution >= 4 is 11.8 Å². The van der Waals surface area contributed by atoms with Crippen molar-refractivity contribution in [2.24, 2.45) is 0 Å². The van der Waals surface area contributed by atoms with E-state index in [2.05, 4.69) is 0 Å². The van der Waals surface area contributed by atoms with Crippen LogP contribution in [0.1, 0.15) is 22.8 Å². The first-order valence-electron chi connectivity index (χ1n) is 4.62. The Morgan fingerprint density at radius 3 is 2.35 bits per heavy atom. The van der Waals surface area contributed by atoms with Crippen molar-refractivity contribution in [2.45, 2.75) is 12.8 Å². The van der Waals surface area contributed by atoms with Gasteiger partial charge in [-0.15, -0.1) is 0 Å². The van der Waals surface area contributed by atoms with Crippen molar-refractivity contribution in [1.29, 1.82) is 0 Å². The molecule has 0 saturated carbocycles. The van der Waals surface area contributed by atoms with Crippen LogP contribution in [0.5, 0.6) is 5.75 Å². The molecule has 1 rings (SSSR count). The zero-order valence-corrected chi connectivity index (χ0v) is 9.16. The van der Waals surface area contributed by atoms with Gasteiger partial charge in [0.05, 0.1) is 18.2 Å². The number of aliphatic carboxylic acids is 1. The predicted molar refractivity (Wildman–Crippen MR) is 54.5 cm³/mol. The van der Waals surface area contributed by atoms with E-state index in [1.165, 1.54) is 6.07 Å². The van der Waals surface area contributed by atoms with Crippen molar-refractivity contribution in [2.75, 3.05) is 7.11 Å². The van der Waals surface area contributed by atoms with Crippen molar-refractivity contribution in [3.8, 4) is 5.75 Å². The molecule has 0 spiro atoms. The molecule has 6 heteroatoms. The van der Waals surface area contributed by atoms with E-state index >= 15 is 0 Å². The van der Waals surface area contributed by atoms with E-state index in [-0.39, 0.29) is 5.56 Å². The highest BCUT2D eigenvalue weighted by Crippen LogP contribution is 2.36. The largest absolute Gasteiger partial charge is 0.495 e. The molecule has 92 valence electrons. The monoisotopic (exact) mass is 244 g/mol. The summed E-state index contributed by atoms with van der Waals surface area (Å²) in [6.45, 7) is 0.639. The molecule has 0 aliphatic carbocycles. The minimum Gasteiger partial charge on any atom is -0.495 e. The number of halogens is 2. The number of rotatable bonds is 4. The summed E-state index contributed by atoms with van der Waals surface area (Å²) in [5.74, 6) is -6.64. The molecule has 0 fully saturated rings. The molecule has 17 heavy (non-hydrogen) atoms. The van der Waals surface area contributed by atoms with Crippen LogP contribution in [0, 0.1) is 0 Å². The molecule has 1 aromatic rings. The highest BCUT2D eigenvalue weighted by atomic mass is 19.3. The van der Waals surface area contributed by atoms with Gasteiger partial charge in [0, 0.05) is 6.92 Å². The Bertz CT molecular complexity index is 463. The molecule has 0 heterocycles. The van der Waals surface area contributed by atoms with E-state index in [1.807, 2.05) is 0 Å². The number of methoxy groups -OCH3 is 1. The Balaban J connectivity index is 3.44. The maximum Gasteiger partial charge on any atom is 0.377 e. The maximum absolute atomic E-state index is 13.2. The fourth-order valence-corrected chi connectivity index (χ4v) is 1.40. The number of benzene rings is 1. The summed E-state index contributed by atoms with van der Waals surface area (Å²) >= 11 is 0. The molecular weight excluding hydrogens is 234 g/mol. The van der Waals surface area contributed by atoms with Gasteiger partial charge in [-0.1, -0.05) is 6.07 Å². The minimum absolute atomic E-state index is 0.390. The first-order chi connectivity index (χ1) is 7.79. The smallest absolute Gasteiger partial charge is 0.377 e. The molecule has 0 saturated heterocycles. The summed E-state index contributed by atoms with van der Waals surface area (Å²) < 4.78 is 31.1. The van der Waals surface area contributed by atoms with Crippen LogP contribution in [-0.2, 0) is 10.7 Å². The highest BCUT2D eigenvalue weighted by molar-refractivity contribution is 6.40. The van der Waals surface area contributed by atoms with Crippen molar-refractivity contribution in [3.05, 3.63) is 29.3 Å². The van der Waals surface area contributed by atoms with Crippen LogP contribution in [0.4, 0.5) is 8.78 Å². The fraction of sp³-hybridized carbons (Fsp3) is 0.273. The van der Waals surface area contributed by atoms with E-state index in [9.17, 15) is 18.4 Å². The van der Waals surface area contributed by atoms with Crippen LogP contribution in [-0.4, -0.2) is 24.0 Å². The number of carbonyl (C=O) groups is 2. The number of hydrogen-bond donors (Lipinski definition) is 1. The summed E-state index contributed by atoms with van der Waals surface area (Å²) in [7, 11) is 1.10. The number of hydrogen-bond acceptors (Lipinski definition) is 3. The molecule has 0 aliphatic rings. The minimum atomic E-state index is -3.22. The lowest BCUT2D eigenvalue weighted by Gasteiger charge is -2.16. The Hall–Kier alpha value is -1.98. The molecule has 1 aromatic carbocycles. The van der Waals surface area contributed by atoms with Gasteiger partial charge in [0.25, 0.3) is 11.7 Å². The number of carboxylic acids is 1. The molecule has 0 bridgehead atoms. The fourth-order valence-electron chi connectivity index (χ4n) is 1.40. The van der Waals surface area contributed by atoms with E-state index in [0.717, 1.165) is 19.2 Å². The molecule has 0 amide bonds. The van der Waals surface area contributed by atoms with E-state index in [1.54, 1.807) is 0 Å². The number of alkyl halides is 2. The van der Waals surface area contributed by atoms with E-state index in [0.29, 0.717) is 6.92 Å². The third kappa shape index (κ3) is 2.58. The van der Waals surface area contributed by atoms with Crippen LogP contribution in [0.15, 0.2) is 18.2 Å². The number of Topliss-reactive ketones (excluding diaryl/α,β-unsaturated/α-hetero) is 1. The van der Waals surface area contributed by atoms with Gasteiger partial charge in [-0.2, -0.15) is 0 Å². The third-order valence-electron chi connectivity index (χ3n) is 2.13. The van der Waals surface area contributed by atoms with Gasteiger partial charge >= 0.3 is 5.97 Å². The second-order valence-corrected chi connectivity index (χ2v) is 3.41. The van der Waals surface area contributed by atoms with E-state index in [4.69, 9.17) is 9.84 Å². The predicted octanol–water partition coefficient (Wildman–Crippen LogP) is 2.07. The number of carbonyl (C=O) groups excluding carboxylic acids is 1. The normalized spacial score (nSPS) is 11.1. The Morgan fingerprint density at radius 2 is 1.94 bits per heavy atom. The molecular formula is C11H10F2O4. The van der Waals surface area contributed by atoms with Crippen LogP contribution in [0.3, 0.4) is 0 Å². The molecule has 0 aromatic heterocycles. The zero-order chi connectivity index (χ0) is 13.2. The number of para-hydroxylation sites is 1. The van der Waals surface area contributed by atoms with Gasteiger partial charge in [0.1, 0.15) is 5.75 Å². The van der Waals surface area contributed by atoms with Gasteiger partial charge in [-0.05, 0) is 12.1 Å². The van der Waals surface area contributed by atoms with Crippen LogP contribution < -0.4 is 4.74 Å². The summed E-state index contributed by atoms with van der Waals surface area (Å²) in [5.41, 5.74) is -0.911. The van der Waals surface area contributed by atoms with E-state index < -0.39 is 29.0 Å². The standard InChI is InChI=1S/C11H10F2O4/c1-11(12,13)7-5-3-4-6(9(7)17-2)8(14)10(15)16/h3-5H,1-2H3,(H,15,16). The molecule has 0 unspecified atom stereocenters. The Morgan fingerprint density at radius 1 is 1.35 bits per heavy atom. The Labute approximate surface area is 95.8 Å². The molecule has 4 nitrogen and oxygen atoms in total. The quantitative estimate of drug-likeness (QED) is 0.650. The van der Waals surface area contributed by atoms with Gasteiger partial charge in [-0.25, -0.2) is 13.6 Å². The van der Waals surface area contributed by atoms with Crippen LogP contribution in [0.2, 0.25) is 0 Å². The first kappa shape index (κ1) is 13.1. The van der Waals surface area contributed by atoms with Crippen molar-refractivity contribution in [3.63, 3.8) is 0 Å². The summed E-state index contributed by atoms with van der Waals surface area (Å²) in [5, 5.41) is 8.56. The SMILES string of the molecule is COc1c(C(=O)C(=O)O)cccc1C(C)(F)F. The number of ether oxygens (including phenoxy) is 1. The summed E-state index contributed by atoms with van der Waals surface area (Å²) in [6, 6.07) is 3.40. The van der Waals surface area contributed by atoms with Crippen molar-refractivity contribution < 1.29 is 28.2 Å². The van der Waals surface area contributed by atoms with Gasteiger partial charge < -0.3 is 9.84 Å². The summed E-state index contributed by atoms with van der Waals surface area (Å²) in [6.07, 6.45) is 0. The lowest BCUT2D eigenvalue weighted by atomic mass is 10.0. The lowest BCUT2D eigenvalue weighted by Crippen LogP contribution is -2.17. The molecule has 0 aliphatic heterocycles. The van der Waals surface area contributed by atoms with Crippen LogP contribution >= 0.6 is 0 Å². The number of carboxylic acid groups (broad SMARTS) is 1. The molecule has 1 N–H and O–H groups in total. The molecule has 0 atom stereocenters. The second kappa shape index (κ2) is 4.48. The zero-order valence-electron chi connectivity index (χ0n) is 9.16. The van der Waals surface area contributed by atoms with Gasteiger partial charge in [-0.3, -0.25) is 4.79 Å². The van der Waals surface area contributed by atoms with Gasteiger partial charge in [0.2, 0.25) is 0 Å². The lowest BCUT2D eigenvalue weighted by molar-refractivity contribution is -0.131. The molecule has 0 radical (unpaired) electrons. The van der Waals surface area contributed by atoms with Gasteiger partial charge in [0.15, 0.2) is 0 Å². The summed E-state index contributed by atoms with van der Waals surface area (Å²) in [4.78, 5) is 21.8. The second-order valence-electron chi connectivity index (χ2n) is 3.41. The average Bonchev–Trinajstić information content (AvgIpc) is 2.25. The first-order valence-corrected chi connectivity index (χ1v) is 4.62. The average molecular weight is 244 g/mol. The van der Waals surface area contributed by atoms with Crippen molar-refractivity contribution in [1.82, 2.24) is 0 Å². The maximum atomic E-state index is 13.2. The van der Waals surface area contributed by atoms with Crippen LogP contribution in [0.25, 0.3) is 0 Å². The topological polar surface area (TPSA) is 63.6 Å².